The van der Waals surface area contributed by atoms with E-state index in [-0.39, 0.29) is 12.3 Å². The van der Waals surface area contributed by atoms with Crippen molar-refractivity contribution in [2.45, 2.75) is 13.3 Å². The number of para-hydroxylation sites is 1. The van der Waals surface area contributed by atoms with Gasteiger partial charge in [0.15, 0.2) is 0 Å². The monoisotopic (exact) mass is 245 g/mol. The zero-order valence-electron chi connectivity index (χ0n) is 10.1. The minimum atomic E-state index is -0.929. The number of amides is 1. The number of hydrogen-bond donors (Lipinski definition) is 2. The summed E-state index contributed by atoms with van der Waals surface area (Å²) in [4.78, 5) is 22.2. The quantitative estimate of drug-likeness (QED) is 0.618. The second kappa shape index (κ2) is 7.06. The molecule has 1 rings (SSSR count). The molecule has 4 nitrogen and oxygen atoms in total. The lowest BCUT2D eigenvalue weighted by Gasteiger charge is -2.07. The van der Waals surface area contributed by atoms with Crippen molar-refractivity contribution in [2.24, 2.45) is 0 Å². The summed E-state index contributed by atoms with van der Waals surface area (Å²) >= 11 is 0. The van der Waals surface area contributed by atoms with E-state index in [4.69, 9.17) is 5.11 Å². The highest BCUT2D eigenvalue weighted by molar-refractivity contribution is 6.00. The maximum absolute atomic E-state index is 11.5. The molecule has 0 spiro atoms. The lowest BCUT2D eigenvalue weighted by molar-refractivity contribution is -0.136. The summed E-state index contributed by atoms with van der Waals surface area (Å²) < 4.78 is 0. The van der Waals surface area contributed by atoms with Crippen LogP contribution in [0.1, 0.15) is 12.5 Å². The van der Waals surface area contributed by atoms with Crippen molar-refractivity contribution >= 4 is 17.6 Å². The van der Waals surface area contributed by atoms with E-state index < -0.39 is 5.97 Å². The molecule has 0 aliphatic rings. The van der Waals surface area contributed by atoms with Gasteiger partial charge in [0, 0.05) is 11.8 Å². The van der Waals surface area contributed by atoms with Gasteiger partial charge in [-0.25, -0.2) is 0 Å². The Morgan fingerprint density at radius 1 is 1.28 bits per heavy atom. The lowest BCUT2D eigenvalue weighted by Crippen LogP contribution is -2.11. The summed E-state index contributed by atoms with van der Waals surface area (Å²) in [6.45, 7) is 1.85. The fourth-order valence-corrected chi connectivity index (χ4v) is 1.39. The molecule has 18 heavy (non-hydrogen) atoms. The van der Waals surface area contributed by atoms with E-state index in [1.54, 1.807) is 36.4 Å². The van der Waals surface area contributed by atoms with Crippen LogP contribution in [0.5, 0.6) is 0 Å². The molecule has 94 valence electrons. The van der Waals surface area contributed by atoms with E-state index in [9.17, 15) is 9.59 Å². The molecule has 0 saturated heterocycles. The number of allylic oxidation sites excluding steroid dienone is 3. The van der Waals surface area contributed by atoms with Gasteiger partial charge in [0.05, 0.1) is 6.42 Å². The number of anilines is 1. The van der Waals surface area contributed by atoms with Crippen LogP contribution in [0.3, 0.4) is 0 Å². The van der Waals surface area contributed by atoms with Gasteiger partial charge in [-0.15, -0.1) is 0 Å². The molecule has 0 fully saturated rings. The third kappa shape index (κ3) is 4.65. The third-order valence-electron chi connectivity index (χ3n) is 2.17. The molecule has 0 unspecified atom stereocenters. The Hall–Kier alpha value is -2.36. The Kier molecular flexibility index (Phi) is 5.38. The van der Waals surface area contributed by atoms with Crippen LogP contribution in [-0.4, -0.2) is 17.0 Å². The standard InChI is InChI=1S/C14H15NO3/c1-2-3-4-9-13(16)15-12-8-6-5-7-11(12)10-14(17)18/h2-9H,10H2,1H3,(H,15,16)(H,17,18). The zero-order chi connectivity index (χ0) is 13.4. The molecule has 0 bridgehead atoms. The number of carboxylic acids is 1. The molecule has 0 heterocycles. The second-order valence-corrected chi connectivity index (χ2v) is 3.60. The van der Waals surface area contributed by atoms with Crippen molar-refractivity contribution in [3.8, 4) is 0 Å². The van der Waals surface area contributed by atoms with Crippen LogP contribution in [-0.2, 0) is 16.0 Å². The van der Waals surface area contributed by atoms with E-state index in [1.807, 2.05) is 13.0 Å². The fourth-order valence-electron chi connectivity index (χ4n) is 1.39. The summed E-state index contributed by atoms with van der Waals surface area (Å²) in [6.07, 6.45) is 6.44. The number of carbonyl (C=O) groups excluding carboxylic acids is 1. The van der Waals surface area contributed by atoms with Crippen LogP contribution >= 0.6 is 0 Å². The molecule has 0 saturated carbocycles. The van der Waals surface area contributed by atoms with Gasteiger partial charge in [-0.3, -0.25) is 9.59 Å². The Balaban J connectivity index is 2.77. The SMILES string of the molecule is CC=CC=CC(=O)Nc1ccccc1CC(=O)O. The second-order valence-electron chi connectivity index (χ2n) is 3.60. The van der Waals surface area contributed by atoms with Gasteiger partial charge in [-0.05, 0) is 18.6 Å². The normalized spacial score (nSPS) is 10.9. The molecule has 0 radical (unpaired) electrons. The molecule has 0 atom stereocenters. The van der Waals surface area contributed by atoms with Gasteiger partial charge in [0.25, 0.3) is 0 Å². The predicted octanol–water partition coefficient (Wildman–Crippen LogP) is 2.38. The number of hydrogen-bond acceptors (Lipinski definition) is 2. The lowest BCUT2D eigenvalue weighted by atomic mass is 10.1. The van der Waals surface area contributed by atoms with Crippen LogP contribution in [0.2, 0.25) is 0 Å². The highest BCUT2D eigenvalue weighted by atomic mass is 16.4. The van der Waals surface area contributed by atoms with Crippen molar-refractivity contribution in [2.75, 3.05) is 5.32 Å². The smallest absolute Gasteiger partial charge is 0.307 e. The third-order valence-corrected chi connectivity index (χ3v) is 2.17. The van der Waals surface area contributed by atoms with Gasteiger partial charge >= 0.3 is 5.97 Å². The van der Waals surface area contributed by atoms with Crippen LogP contribution in [0.4, 0.5) is 5.69 Å². The summed E-state index contributed by atoms with van der Waals surface area (Å²) in [5.74, 6) is -1.22. The summed E-state index contributed by atoms with van der Waals surface area (Å²) in [5.41, 5.74) is 1.10. The molecule has 1 aromatic rings. The average molecular weight is 245 g/mol. The number of carboxylic acid groups (broad SMARTS) is 1. The molecule has 0 aliphatic heterocycles. The number of rotatable bonds is 5. The van der Waals surface area contributed by atoms with E-state index in [1.165, 1.54) is 6.08 Å². The van der Waals surface area contributed by atoms with Crippen molar-refractivity contribution in [3.63, 3.8) is 0 Å². The number of carbonyl (C=O) groups is 2. The Labute approximate surface area is 106 Å². The highest BCUT2D eigenvalue weighted by Crippen LogP contribution is 2.15. The van der Waals surface area contributed by atoms with Crippen LogP contribution in [0.15, 0.2) is 48.6 Å². The minimum Gasteiger partial charge on any atom is -0.481 e. The Bertz CT molecular complexity index is 490. The molecule has 1 aromatic carbocycles. The molecular formula is C14H15NO3. The average Bonchev–Trinajstić information content (AvgIpc) is 2.31. The van der Waals surface area contributed by atoms with Crippen molar-refractivity contribution in [3.05, 3.63) is 54.1 Å². The van der Waals surface area contributed by atoms with E-state index in [2.05, 4.69) is 5.32 Å². The maximum Gasteiger partial charge on any atom is 0.307 e. The number of aliphatic carboxylic acids is 1. The Morgan fingerprint density at radius 3 is 2.67 bits per heavy atom. The van der Waals surface area contributed by atoms with E-state index in [0.29, 0.717) is 11.3 Å². The molecule has 4 heteroatoms. The minimum absolute atomic E-state index is 0.116. The van der Waals surface area contributed by atoms with Gasteiger partial charge < -0.3 is 10.4 Å². The van der Waals surface area contributed by atoms with Gasteiger partial charge in [-0.1, -0.05) is 36.4 Å². The molecule has 1 amide bonds. The summed E-state index contributed by atoms with van der Waals surface area (Å²) in [6, 6.07) is 6.85. The first kappa shape index (κ1) is 13.7. The zero-order valence-corrected chi connectivity index (χ0v) is 10.1. The van der Waals surface area contributed by atoms with E-state index >= 15 is 0 Å². The first-order valence-corrected chi connectivity index (χ1v) is 5.53. The number of benzene rings is 1. The van der Waals surface area contributed by atoms with Gasteiger partial charge in [0.2, 0.25) is 5.91 Å². The van der Waals surface area contributed by atoms with Crippen LogP contribution in [0.25, 0.3) is 0 Å². The topological polar surface area (TPSA) is 66.4 Å². The summed E-state index contributed by atoms with van der Waals surface area (Å²) in [5, 5.41) is 11.4. The molecule has 0 aliphatic carbocycles. The molecule has 2 N–H and O–H groups in total. The maximum atomic E-state index is 11.5. The van der Waals surface area contributed by atoms with Crippen molar-refractivity contribution in [1.82, 2.24) is 0 Å². The molecular weight excluding hydrogens is 230 g/mol. The van der Waals surface area contributed by atoms with Gasteiger partial charge in [-0.2, -0.15) is 0 Å². The first-order chi connectivity index (χ1) is 8.63. The number of nitrogens with one attached hydrogen (secondary N) is 1. The van der Waals surface area contributed by atoms with Crippen molar-refractivity contribution in [1.29, 1.82) is 0 Å². The van der Waals surface area contributed by atoms with E-state index in [0.717, 1.165) is 0 Å². The van der Waals surface area contributed by atoms with Crippen molar-refractivity contribution < 1.29 is 14.7 Å². The summed E-state index contributed by atoms with van der Waals surface area (Å²) in [7, 11) is 0. The Morgan fingerprint density at radius 2 is 2.00 bits per heavy atom. The first-order valence-electron chi connectivity index (χ1n) is 5.53. The van der Waals surface area contributed by atoms with Crippen LogP contribution in [0, 0.1) is 0 Å². The fraction of sp³-hybridized carbons (Fsp3) is 0.143. The largest absolute Gasteiger partial charge is 0.481 e. The molecule has 0 aromatic heterocycles. The predicted molar refractivity (Wildman–Crippen MR) is 70.4 cm³/mol. The van der Waals surface area contributed by atoms with Gasteiger partial charge in [0.1, 0.15) is 0 Å². The van der Waals surface area contributed by atoms with Crippen LogP contribution < -0.4 is 5.32 Å². The highest BCUT2D eigenvalue weighted by Gasteiger charge is 2.07.